The summed E-state index contributed by atoms with van der Waals surface area (Å²) in [6.45, 7) is 0.680. The highest BCUT2D eigenvalue weighted by molar-refractivity contribution is 5.80. The van der Waals surface area contributed by atoms with E-state index in [0.29, 0.717) is 24.1 Å². The molecule has 0 saturated carbocycles. The molecule has 0 spiro atoms. The van der Waals surface area contributed by atoms with Crippen molar-refractivity contribution in [1.29, 1.82) is 0 Å². The lowest BCUT2D eigenvalue weighted by Gasteiger charge is -2.16. The van der Waals surface area contributed by atoms with Crippen molar-refractivity contribution in [3.63, 3.8) is 0 Å². The molecule has 3 aromatic rings. The van der Waals surface area contributed by atoms with Gasteiger partial charge in [-0.2, -0.15) is 0 Å². The number of nitrogens with one attached hydrogen (secondary N) is 1. The molecule has 1 heterocycles. The molecule has 31 heavy (non-hydrogen) atoms. The number of nitrogens with zero attached hydrogens (tertiary/aromatic N) is 2. The van der Waals surface area contributed by atoms with Crippen molar-refractivity contribution in [3.05, 3.63) is 92.5 Å². The highest BCUT2D eigenvalue weighted by Gasteiger charge is 2.15. The van der Waals surface area contributed by atoms with E-state index in [1.807, 2.05) is 48.5 Å². The molecule has 1 N–H and O–H groups in total. The van der Waals surface area contributed by atoms with Gasteiger partial charge in [0, 0.05) is 6.54 Å². The zero-order valence-electron chi connectivity index (χ0n) is 17.5. The first-order chi connectivity index (χ1) is 15.1. The molecular formula is C25H27N3O3. The van der Waals surface area contributed by atoms with Crippen LogP contribution in [-0.4, -0.2) is 21.6 Å². The molecular weight excluding hydrogens is 390 g/mol. The third-order valence-corrected chi connectivity index (χ3v) is 5.78. The van der Waals surface area contributed by atoms with Gasteiger partial charge in [0.05, 0.1) is 17.6 Å². The third-order valence-electron chi connectivity index (χ3n) is 5.78. The van der Waals surface area contributed by atoms with Gasteiger partial charge in [0.2, 0.25) is 5.91 Å². The van der Waals surface area contributed by atoms with Gasteiger partial charge in [-0.1, -0.05) is 54.1 Å². The summed E-state index contributed by atoms with van der Waals surface area (Å²) in [6, 6.07) is 16.8. The van der Waals surface area contributed by atoms with Crippen molar-refractivity contribution in [2.24, 2.45) is 0 Å². The Bertz CT molecular complexity index is 1220. The second-order valence-electron chi connectivity index (χ2n) is 7.97. The number of rotatable bonds is 7. The first kappa shape index (κ1) is 20.8. The van der Waals surface area contributed by atoms with E-state index in [-0.39, 0.29) is 12.5 Å². The van der Waals surface area contributed by atoms with Crippen molar-refractivity contribution < 1.29 is 4.79 Å². The van der Waals surface area contributed by atoms with Crippen molar-refractivity contribution >= 4 is 16.9 Å². The Labute approximate surface area is 180 Å². The lowest BCUT2D eigenvalue weighted by atomic mass is 9.97. The zero-order chi connectivity index (χ0) is 21.6. The topological polar surface area (TPSA) is 73.1 Å². The van der Waals surface area contributed by atoms with Crippen molar-refractivity contribution in [1.82, 2.24) is 14.5 Å². The molecule has 1 aliphatic carbocycles. The summed E-state index contributed by atoms with van der Waals surface area (Å²) in [5.74, 6) is -0.260. The van der Waals surface area contributed by atoms with Crippen LogP contribution in [0, 0.1) is 0 Å². The number of aromatic nitrogens is 2. The van der Waals surface area contributed by atoms with Gasteiger partial charge in [-0.25, -0.2) is 0 Å². The van der Waals surface area contributed by atoms with Gasteiger partial charge in [0.15, 0.2) is 0 Å². The number of fused-ring (bicyclic) bond motifs is 1. The molecule has 0 bridgehead atoms. The van der Waals surface area contributed by atoms with Crippen LogP contribution < -0.4 is 16.4 Å². The van der Waals surface area contributed by atoms with E-state index in [4.69, 9.17) is 0 Å². The second-order valence-corrected chi connectivity index (χ2v) is 7.97. The highest BCUT2D eigenvalue weighted by atomic mass is 16.2. The normalized spacial score (nSPS) is 13.7. The minimum atomic E-state index is -0.681. The summed E-state index contributed by atoms with van der Waals surface area (Å²) in [6.07, 6.45) is 7.76. The summed E-state index contributed by atoms with van der Waals surface area (Å²) in [7, 11) is 0. The predicted octanol–water partition coefficient (Wildman–Crippen LogP) is 3.22. The molecule has 1 amide bonds. The zero-order valence-corrected chi connectivity index (χ0v) is 17.5. The van der Waals surface area contributed by atoms with Crippen LogP contribution in [-0.2, 0) is 17.9 Å². The molecule has 1 aromatic heterocycles. The fourth-order valence-corrected chi connectivity index (χ4v) is 4.14. The van der Waals surface area contributed by atoms with Crippen LogP contribution in [0.15, 0.2) is 75.8 Å². The fraction of sp³-hybridized carbons (Fsp3) is 0.320. The van der Waals surface area contributed by atoms with Gasteiger partial charge in [0.1, 0.15) is 6.54 Å². The number of para-hydroxylation sites is 2. The minimum absolute atomic E-state index is 0.167. The van der Waals surface area contributed by atoms with Gasteiger partial charge >= 0.3 is 11.1 Å². The third kappa shape index (κ3) is 4.85. The molecule has 6 nitrogen and oxygen atoms in total. The van der Waals surface area contributed by atoms with Gasteiger partial charge in [-0.05, 0) is 49.8 Å². The lowest BCUT2D eigenvalue weighted by molar-refractivity contribution is -0.121. The summed E-state index contributed by atoms with van der Waals surface area (Å²) in [5.41, 5.74) is 2.23. The summed E-state index contributed by atoms with van der Waals surface area (Å²) in [5, 5.41) is 2.90. The highest BCUT2D eigenvalue weighted by Crippen LogP contribution is 2.19. The van der Waals surface area contributed by atoms with Crippen LogP contribution in [0.1, 0.15) is 37.7 Å². The lowest BCUT2D eigenvalue weighted by Crippen LogP contribution is -2.44. The summed E-state index contributed by atoms with van der Waals surface area (Å²) in [4.78, 5) is 38.3. The maximum absolute atomic E-state index is 12.9. The summed E-state index contributed by atoms with van der Waals surface area (Å²) >= 11 is 0. The molecule has 6 heteroatoms. The first-order valence-electron chi connectivity index (χ1n) is 10.8. The molecule has 0 fully saturated rings. The van der Waals surface area contributed by atoms with Gasteiger partial charge in [0.25, 0.3) is 0 Å². The van der Waals surface area contributed by atoms with Crippen LogP contribution in [0.3, 0.4) is 0 Å². The van der Waals surface area contributed by atoms with E-state index in [9.17, 15) is 14.4 Å². The van der Waals surface area contributed by atoms with Crippen LogP contribution in [0.4, 0.5) is 0 Å². The number of hydrogen-bond acceptors (Lipinski definition) is 3. The van der Waals surface area contributed by atoms with Gasteiger partial charge in [-0.3, -0.25) is 23.5 Å². The largest absolute Gasteiger partial charge is 0.354 e. The second kappa shape index (κ2) is 9.60. The Morgan fingerprint density at radius 1 is 0.871 bits per heavy atom. The molecule has 160 valence electrons. The molecule has 0 saturated heterocycles. The van der Waals surface area contributed by atoms with E-state index in [1.54, 1.807) is 6.07 Å². The van der Waals surface area contributed by atoms with Gasteiger partial charge in [-0.15, -0.1) is 0 Å². The molecule has 0 radical (unpaired) electrons. The molecule has 2 aromatic carbocycles. The molecule has 0 unspecified atom stereocenters. The van der Waals surface area contributed by atoms with Crippen LogP contribution in [0.25, 0.3) is 11.0 Å². The average Bonchev–Trinajstić information content (AvgIpc) is 2.81. The number of allylic oxidation sites excluding steroid dienone is 1. The molecule has 4 rings (SSSR count). The maximum Gasteiger partial charge on any atom is 0.317 e. The number of carbonyl (C=O) groups excluding carboxylic acids is 1. The van der Waals surface area contributed by atoms with E-state index >= 15 is 0 Å². The number of benzene rings is 2. The maximum atomic E-state index is 12.9. The number of amides is 1. The Kier molecular flexibility index (Phi) is 6.46. The van der Waals surface area contributed by atoms with Crippen molar-refractivity contribution in [2.45, 2.75) is 45.2 Å². The number of hydrogen-bond donors (Lipinski definition) is 1. The van der Waals surface area contributed by atoms with E-state index in [0.717, 1.165) is 24.8 Å². The molecule has 1 aliphatic rings. The number of carbonyl (C=O) groups is 1. The Hall–Kier alpha value is -3.41. The molecule has 0 aliphatic heterocycles. The smallest absolute Gasteiger partial charge is 0.317 e. The van der Waals surface area contributed by atoms with E-state index in [1.165, 1.54) is 27.5 Å². The monoisotopic (exact) mass is 417 g/mol. The van der Waals surface area contributed by atoms with Crippen LogP contribution >= 0.6 is 0 Å². The Balaban J connectivity index is 1.57. The fourth-order valence-electron chi connectivity index (χ4n) is 4.14. The Morgan fingerprint density at radius 2 is 1.55 bits per heavy atom. The minimum Gasteiger partial charge on any atom is -0.354 e. The van der Waals surface area contributed by atoms with Crippen molar-refractivity contribution in [3.8, 4) is 0 Å². The SMILES string of the molecule is O=C(Cn1c(=O)c(=O)n(Cc2ccccc2)c2ccccc21)NCCC1=CCCCC1. The van der Waals surface area contributed by atoms with Gasteiger partial charge < -0.3 is 5.32 Å². The standard InChI is InChI=1S/C25H27N3O3/c29-23(26-16-15-19-9-3-1-4-10-19)18-28-22-14-8-7-13-21(22)27(24(30)25(28)31)17-20-11-5-2-6-12-20/h2,5-9,11-14H,1,3-4,10,15-18H2,(H,26,29). The van der Waals surface area contributed by atoms with Crippen LogP contribution in [0.2, 0.25) is 0 Å². The quantitative estimate of drug-likeness (QED) is 0.474. The van der Waals surface area contributed by atoms with E-state index < -0.39 is 11.1 Å². The Morgan fingerprint density at radius 3 is 2.26 bits per heavy atom. The predicted molar refractivity (Wildman–Crippen MR) is 122 cm³/mol. The van der Waals surface area contributed by atoms with E-state index in [2.05, 4.69) is 11.4 Å². The van der Waals surface area contributed by atoms with Crippen LogP contribution in [0.5, 0.6) is 0 Å². The molecule has 0 atom stereocenters. The first-order valence-corrected chi connectivity index (χ1v) is 10.8. The average molecular weight is 418 g/mol. The summed E-state index contributed by atoms with van der Waals surface area (Å²) < 4.78 is 2.77. The van der Waals surface area contributed by atoms with Crippen molar-refractivity contribution in [2.75, 3.05) is 6.54 Å².